The van der Waals surface area contributed by atoms with E-state index < -0.39 is 21.4 Å². The van der Waals surface area contributed by atoms with Gasteiger partial charge in [0.1, 0.15) is 16.4 Å². The van der Waals surface area contributed by atoms with Gasteiger partial charge in [0.15, 0.2) is 6.61 Å². The van der Waals surface area contributed by atoms with Crippen LogP contribution in [0.1, 0.15) is 19.3 Å². The highest BCUT2D eigenvalue weighted by atomic mass is 32.2. The molecule has 146 valence electrons. The summed E-state index contributed by atoms with van der Waals surface area (Å²) in [6.45, 7) is -0.0770. The molecule has 1 amide bonds. The van der Waals surface area contributed by atoms with E-state index in [1.54, 1.807) is 0 Å². The van der Waals surface area contributed by atoms with Gasteiger partial charge >= 0.3 is 5.97 Å². The van der Waals surface area contributed by atoms with Crippen LogP contribution in [0.15, 0.2) is 17.0 Å². The number of aliphatic carboxylic acids is 1. The van der Waals surface area contributed by atoms with Crippen molar-refractivity contribution in [2.24, 2.45) is 11.3 Å². The van der Waals surface area contributed by atoms with Gasteiger partial charge in [-0.3, -0.25) is 9.59 Å². The van der Waals surface area contributed by atoms with Gasteiger partial charge in [-0.25, -0.2) is 8.42 Å². The molecule has 0 aromatic heterocycles. The summed E-state index contributed by atoms with van der Waals surface area (Å²) < 4.78 is 38.3. The third-order valence-electron chi connectivity index (χ3n) is 5.78. The zero-order valence-corrected chi connectivity index (χ0v) is 15.5. The Morgan fingerprint density at radius 1 is 1.44 bits per heavy atom. The lowest BCUT2D eigenvalue weighted by Gasteiger charge is -2.24. The summed E-state index contributed by atoms with van der Waals surface area (Å²) in [7, 11) is -2.65. The van der Waals surface area contributed by atoms with Crippen molar-refractivity contribution >= 4 is 27.6 Å². The summed E-state index contributed by atoms with van der Waals surface area (Å²) in [6, 6.07) is 2.73. The Hall–Kier alpha value is -2.33. The van der Waals surface area contributed by atoms with Crippen molar-refractivity contribution in [3.05, 3.63) is 12.1 Å². The number of nitrogens with one attached hydrogen (secondary N) is 1. The van der Waals surface area contributed by atoms with Crippen molar-refractivity contribution in [3.63, 3.8) is 0 Å². The topological polar surface area (TPSA) is 122 Å². The van der Waals surface area contributed by atoms with Gasteiger partial charge in [0.05, 0.1) is 18.2 Å². The molecule has 9 nitrogen and oxygen atoms in total. The van der Waals surface area contributed by atoms with Gasteiger partial charge in [-0.05, 0) is 18.8 Å². The maximum Gasteiger partial charge on any atom is 0.311 e. The average Bonchev–Trinajstić information content (AvgIpc) is 3.19. The second-order valence-electron chi connectivity index (χ2n) is 7.18. The number of amides is 1. The van der Waals surface area contributed by atoms with Crippen LogP contribution in [0, 0.1) is 11.3 Å². The number of hydrogen-bond acceptors (Lipinski definition) is 6. The minimum atomic E-state index is -3.99. The van der Waals surface area contributed by atoms with Gasteiger partial charge in [0.25, 0.3) is 5.91 Å². The fourth-order valence-corrected chi connectivity index (χ4v) is 6.07. The van der Waals surface area contributed by atoms with E-state index in [2.05, 4.69) is 5.32 Å². The molecule has 1 aromatic rings. The van der Waals surface area contributed by atoms with Crippen LogP contribution in [0.25, 0.3) is 0 Å². The maximum atomic E-state index is 13.3. The van der Waals surface area contributed by atoms with Gasteiger partial charge < -0.3 is 19.9 Å². The van der Waals surface area contributed by atoms with Gasteiger partial charge in [-0.2, -0.15) is 4.31 Å². The number of fused-ring (bicyclic) bond motifs is 2. The van der Waals surface area contributed by atoms with E-state index in [0.717, 1.165) is 6.42 Å². The van der Waals surface area contributed by atoms with Crippen molar-refractivity contribution in [3.8, 4) is 11.5 Å². The van der Waals surface area contributed by atoms with Crippen LogP contribution < -0.4 is 14.8 Å². The largest absolute Gasteiger partial charge is 0.495 e. The molecule has 0 bridgehead atoms. The summed E-state index contributed by atoms with van der Waals surface area (Å²) in [6.07, 6.45) is 1.98. The molecule has 2 atom stereocenters. The fourth-order valence-electron chi connectivity index (χ4n) is 4.36. The number of nitrogens with zero attached hydrogens (tertiary/aromatic N) is 1. The molecular formula is C17H20N2O7S. The molecule has 1 aromatic carbocycles. The smallest absolute Gasteiger partial charge is 0.311 e. The van der Waals surface area contributed by atoms with Gasteiger partial charge in [-0.15, -0.1) is 0 Å². The first kappa shape index (κ1) is 18.1. The van der Waals surface area contributed by atoms with Crippen LogP contribution in [0.4, 0.5) is 5.69 Å². The molecule has 3 aliphatic rings. The van der Waals surface area contributed by atoms with Crippen LogP contribution in [0.5, 0.6) is 11.5 Å². The fraction of sp³-hybridized carbons (Fsp3) is 0.529. The van der Waals surface area contributed by atoms with E-state index in [4.69, 9.17) is 9.47 Å². The summed E-state index contributed by atoms with van der Waals surface area (Å²) in [5.74, 6) is -1.16. The average molecular weight is 396 g/mol. The molecule has 1 saturated carbocycles. The first-order valence-corrected chi connectivity index (χ1v) is 10.1. The summed E-state index contributed by atoms with van der Waals surface area (Å²) in [4.78, 5) is 23.2. The monoisotopic (exact) mass is 396 g/mol. The normalized spacial score (nSPS) is 27.4. The molecule has 0 radical (unpaired) electrons. The summed E-state index contributed by atoms with van der Waals surface area (Å²) in [5, 5.41) is 12.3. The minimum absolute atomic E-state index is 0.0484. The first-order chi connectivity index (χ1) is 12.8. The van der Waals surface area contributed by atoms with Crippen molar-refractivity contribution in [1.82, 2.24) is 4.31 Å². The number of hydrogen-bond donors (Lipinski definition) is 2. The molecular weight excluding hydrogens is 376 g/mol. The lowest BCUT2D eigenvalue weighted by molar-refractivity contribution is -0.149. The standard InChI is InChI=1S/C17H20N2O7S/c1-25-13-5-11-12(26-8-15(20)18-11)6-14(13)27(23,24)19-7-10-3-2-4-17(10,9-19)16(21)22/h5-6,10H,2-4,7-9H2,1H3,(H,18,20)(H,21,22)/t10-,17+/m0/s1. The number of sulfonamides is 1. The zero-order valence-electron chi connectivity index (χ0n) is 14.7. The van der Waals surface area contributed by atoms with Crippen molar-refractivity contribution in [2.45, 2.75) is 24.2 Å². The maximum absolute atomic E-state index is 13.3. The van der Waals surface area contributed by atoms with E-state index in [1.165, 1.54) is 23.5 Å². The van der Waals surface area contributed by atoms with E-state index in [1.807, 2.05) is 0 Å². The highest BCUT2D eigenvalue weighted by Crippen LogP contribution is 2.51. The lowest BCUT2D eigenvalue weighted by Crippen LogP contribution is -2.37. The number of benzene rings is 1. The molecule has 4 rings (SSSR count). The number of methoxy groups -OCH3 is 1. The molecule has 1 saturated heterocycles. The van der Waals surface area contributed by atoms with E-state index >= 15 is 0 Å². The molecule has 0 unspecified atom stereocenters. The van der Waals surface area contributed by atoms with Crippen LogP contribution in [-0.4, -0.2) is 56.5 Å². The third kappa shape index (κ3) is 2.66. The third-order valence-corrected chi connectivity index (χ3v) is 7.61. The van der Waals surface area contributed by atoms with Crippen LogP contribution in [-0.2, 0) is 19.6 Å². The second-order valence-corrected chi connectivity index (χ2v) is 9.09. The number of ether oxygens (including phenoxy) is 2. The molecule has 1 aliphatic carbocycles. The van der Waals surface area contributed by atoms with E-state index in [0.29, 0.717) is 18.5 Å². The van der Waals surface area contributed by atoms with Gasteiger partial charge in [0, 0.05) is 25.2 Å². The summed E-state index contributed by atoms with van der Waals surface area (Å²) in [5.41, 5.74) is -0.679. The Morgan fingerprint density at radius 3 is 2.89 bits per heavy atom. The Bertz CT molecular complexity index is 929. The number of carbonyl (C=O) groups is 2. The Balaban J connectivity index is 1.73. The minimum Gasteiger partial charge on any atom is -0.495 e. The number of carbonyl (C=O) groups excluding carboxylic acids is 1. The molecule has 2 fully saturated rings. The number of carboxylic acid groups (broad SMARTS) is 1. The number of anilines is 1. The summed E-state index contributed by atoms with van der Waals surface area (Å²) >= 11 is 0. The van der Waals surface area contributed by atoms with Crippen molar-refractivity contribution < 1.29 is 32.6 Å². The predicted octanol–water partition coefficient (Wildman–Crippen LogP) is 0.901. The Morgan fingerprint density at radius 2 is 2.22 bits per heavy atom. The SMILES string of the molecule is COc1cc2c(cc1S(=O)(=O)N1C[C@@H]3CCC[C@@]3(C(=O)O)C1)OCC(=O)N2. The molecule has 2 aliphatic heterocycles. The van der Waals surface area contributed by atoms with Crippen molar-refractivity contribution in [2.75, 3.05) is 32.1 Å². The zero-order chi connectivity index (χ0) is 19.4. The lowest BCUT2D eigenvalue weighted by atomic mass is 9.81. The molecule has 10 heteroatoms. The molecule has 27 heavy (non-hydrogen) atoms. The van der Waals surface area contributed by atoms with Crippen LogP contribution in [0.2, 0.25) is 0 Å². The Labute approximate surface area is 156 Å². The van der Waals surface area contributed by atoms with Crippen LogP contribution >= 0.6 is 0 Å². The quantitative estimate of drug-likeness (QED) is 0.775. The second kappa shape index (κ2) is 6.10. The van der Waals surface area contributed by atoms with E-state index in [9.17, 15) is 23.1 Å². The highest BCUT2D eigenvalue weighted by Gasteiger charge is 2.57. The highest BCUT2D eigenvalue weighted by molar-refractivity contribution is 7.89. The predicted molar refractivity (Wildman–Crippen MR) is 93.3 cm³/mol. The molecule has 0 spiro atoms. The number of rotatable bonds is 4. The van der Waals surface area contributed by atoms with E-state index in [-0.39, 0.29) is 47.9 Å². The molecule has 2 N–H and O–H groups in total. The van der Waals surface area contributed by atoms with Gasteiger partial charge in [0.2, 0.25) is 10.0 Å². The first-order valence-electron chi connectivity index (χ1n) is 8.66. The van der Waals surface area contributed by atoms with Gasteiger partial charge in [-0.1, -0.05) is 6.42 Å². The van der Waals surface area contributed by atoms with Crippen molar-refractivity contribution in [1.29, 1.82) is 0 Å². The number of carboxylic acids is 1. The Kier molecular flexibility index (Phi) is 4.08. The molecule has 2 heterocycles. The van der Waals surface area contributed by atoms with Crippen LogP contribution in [0.3, 0.4) is 0 Å².